The fourth-order valence-corrected chi connectivity index (χ4v) is 3.11. The lowest BCUT2D eigenvalue weighted by Crippen LogP contribution is -2.53. The summed E-state index contributed by atoms with van der Waals surface area (Å²) in [4.78, 5) is 18.9. The average molecular weight is 299 g/mol. The van der Waals surface area contributed by atoms with E-state index >= 15 is 0 Å². The highest BCUT2D eigenvalue weighted by molar-refractivity contribution is 5.71. The van der Waals surface area contributed by atoms with Crippen molar-refractivity contribution in [1.29, 1.82) is 0 Å². The molecule has 2 aliphatic heterocycles. The molecule has 2 aliphatic rings. The molecule has 0 N–H and O–H groups in total. The van der Waals surface area contributed by atoms with Crippen LogP contribution < -0.4 is 0 Å². The summed E-state index contributed by atoms with van der Waals surface area (Å²) in [7, 11) is 3.80. The summed E-state index contributed by atoms with van der Waals surface area (Å²) in [6, 6.07) is 0.733. The van der Waals surface area contributed by atoms with E-state index < -0.39 is 0 Å². The van der Waals surface area contributed by atoms with Crippen molar-refractivity contribution in [2.75, 3.05) is 73.2 Å². The second kappa shape index (κ2) is 8.68. The predicted octanol–water partition coefficient (Wildman–Crippen LogP) is -0.112. The molecule has 21 heavy (non-hydrogen) atoms. The summed E-state index contributed by atoms with van der Waals surface area (Å²) in [5.41, 5.74) is 0. The summed E-state index contributed by atoms with van der Waals surface area (Å²) < 4.78 is 9.99. The van der Waals surface area contributed by atoms with Crippen LogP contribution in [0.25, 0.3) is 0 Å². The first kappa shape index (κ1) is 16.7. The summed E-state index contributed by atoms with van der Waals surface area (Å²) in [5, 5.41) is 0. The van der Waals surface area contributed by atoms with Gasteiger partial charge in [-0.2, -0.15) is 0 Å². The van der Waals surface area contributed by atoms with Crippen molar-refractivity contribution in [1.82, 2.24) is 14.7 Å². The van der Waals surface area contributed by atoms with Gasteiger partial charge in [0, 0.05) is 39.3 Å². The fourth-order valence-electron chi connectivity index (χ4n) is 3.11. The number of piperidine rings is 1. The molecule has 2 rings (SSSR count). The fraction of sp³-hybridized carbons (Fsp3) is 0.933. The summed E-state index contributed by atoms with van der Waals surface area (Å²) >= 11 is 0. The third-order valence-corrected chi connectivity index (χ3v) is 4.51. The second-order valence-corrected chi connectivity index (χ2v) is 6.06. The molecule has 0 radical (unpaired) electrons. The van der Waals surface area contributed by atoms with E-state index in [4.69, 9.17) is 9.47 Å². The Balaban J connectivity index is 1.62. The van der Waals surface area contributed by atoms with Gasteiger partial charge in [0.05, 0.1) is 13.2 Å². The quantitative estimate of drug-likeness (QED) is 0.504. The maximum Gasteiger partial charge on any atom is 0.320 e. The van der Waals surface area contributed by atoms with Crippen molar-refractivity contribution >= 4 is 5.97 Å². The Labute approximate surface area is 128 Å². The highest BCUT2D eigenvalue weighted by Crippen LogP contribution is 2.17. The van der Waals surface area contributed by atoms with Crippen LogP contribution in [0.1, 0.15) is 12.8 Å². The van der Waals surface area contributed by atoms with Crippen molar-refractivity contribution in [3.05, 3.63) is 0 Å². The van der Waals surface area contributed by atoms with Gasteiger partial charge >= 0.3 is 5.97 Å². The predicted molar refractivity (Wildman–Crippen MR) is 81.4 cm³/mol. The first-order chi connectivity index (χ1) is 10.2. The minimum absolute atomic E-state index is 0.139. The minimum Gasteiger partial charge on any atom is -0.462 e. The second-order valence-electron chi connectivity index (χ2n) is 6.06. The lowest BCUT2D eigenvalue weighted by Gasteiger charge is -2.42. The number of rotatable bonds is 6. The zero-order valence-corrected chi connectivity index (χ0v) is 13.4. The highest BCUT2D eigenvalue weighted by atomic mass is 16.6. The molecule has 6 heteroatoms. The molecule has 0 saturated carbocycles. The van der Waals surface area contributed by atoms with Gasteiger partial charge in [-0.3, -0.25) is 14.6 Å². The lowest BCUT2D eigenvalue weighted by atomic mass is 10.0. The van der Waals surface area contributed by atoms with E-state index in [9.17, 15) is 4.79 Å². The summed E-state index contributed by atoms with van der Waals surface area (Å²) in [5.74, 6) is -0.139. The van der Waals surface area contributed by atoms with Crippen LogP contribution in [-0.4, -0.2) is 99.9 Å². The molecule has 2 saturated heterocycles. The Bertz CT molecular complexity index is 311. The van der Waals surface area contributed by atoms with Crippen LogP contribution in [0, 0.1) is 0 Å². The Morgan fingerprint density at radius 1 is 1.05 bits per heavy atom. The molecule has 0 unspecified atom stereocenters. The van der Waals surface area contributed by atoms with E-state index in [1.807, 2.05) is 0 Å². The van der Waals surface area contributed by atoms with E-state index in [1.165, 1.54) is 25.9 Å². The SMILES string of the molecule is COCCOC(=O)CN1CCN(C2CCN(C)CC2)CC1. The van der Waals surface area contributed by atoms with Crippen LogP contribution in [0.3, 0.4) is 0 Å². The minimum atomic E-state index is -0.139. The number of ether oxygens (including phenoxy) is 2. The molecule has 0 aromatic carbocycles. The van der Waals surface area contributed by atoms with Crippen molar-refractivity contribution in [3.8, 4) is 0 Å². The molecule has 0 bridgehead atoms. The first-order valence-electron chi connectivity index (χ1n) is 7.98. The van der Waals surface area contributed by atoms with Crippen molar-refractivity contribution < 1.29 is 14.3 Å². The van der Waals surface area contributed by atoms with E-state index in [0.717, 1.165) is 32.2 Å². The molecule has 122 valence electrons. The van der Waals surface area contributed by atoms with Gasteiger partial charge in [-0.1, -0.05) is 0 Å². The maximum absolute atomic E-state index is 11.7. The lowest BCUT2D eigenvalue weighted by molar-refractivity contribution is -0.146. The molecule has 0 atom stereocenters. The molecule has 0 amide bonds. The Hall–Kier alpha value is -0.690. The number of piperazine rings is 1. The molecule has 0 aromatic rings. The largest absolute Gasteiger partial charge is 0.462 e. The van der Waals surface area contributed by atoms with Gasteiger partial charge in [0.1, 0.15) is 6.61 Å². The molecule has 0 aromatic heterocycles. The number of methoxy groups -OCH3 is 1. The van der Waals surface area contributed by atoms with Crippen LogP contribution in [-0.2, 0) is 14.3 Å². The van der Waals surface area contributed by atoms with Crippen LogP contribution >= 0.6 is 0 Å². The van der Waals surface area contributed by atoms with Gasteiger partial charge in [-0.25, -0.2) is 0 Å². The van der Waals surface area contributed by atoms with Crippen LogP contribution in [0.5, 0.6) is 0 Å². The topological polar surface area (TPSA) is 45.3 Å². The van der Waals surface area contributed by atoms with Crippen molar-refractivity contribution in [2.45, 2.75) is 18.9 Å². The first-order valence-corrected chi connectivity index (χ1v) is 7.98. The molecule has 0 spiro atoms. The molecular formula is C15H29N3O3. The molecular weight excluding hydrogens is 270 g/mol. The number of esters is 1. The van der Waals surface area contributed by atoms with Gasteiger partial charge < -0.3 is 14.4 Å². The normalized spacial score (nSPS) is 23.3. The van der Waals surface area contributed by atoms with Crippen LogP contribution in [0.15, 0.2) is 0 Å². The van der Waals surface area contributed by atoms with Gasteiger partial charge in [-0.15, -0.1) is 0 Å². The third kappa shape index (κ3) is 5.54. The van der Waals surface area contributed by atoms with Crippen LogP contribution in [0.4, 0.5) is 0 Å². The summed E-state index contributed by atoms with van der Waals surface area (Å²) in [6.45, 7) is 7.70. The smallest absolute Gasteiger partial charge is 0.320 e. The van der Waals surface area contributed by atoms with E-state index in [1.54, 1.807) is 7.11 Å². The third-order valence-electron chi connectivity index (χ3n) is 4.51. The van der Waals surface area contributed by atoms with E-state index in [-0.39, 0.29) is 5.97 Å². The van der Waals surface area contributed by atoms with Crippen molar-refractivity contribution in [2.24, 2.45) is 0 Å². The molecule has 6 nitrogen and oxygen atoms in total. The number of likely N-dealkylation sites (tertiary alicyclic amines) is 1. The zero-order chi connectivity index (χ0) is 15.1. The standard InChI is InChI=1S/C15H29N3O3/c1-16-5-3-14(4-6-16)18-9-7-17(8-10-18)13-15(19)21-12-11-20-2/h14H,3-13H2,1-2H3. The highest BCUT2D eigenvalue weighted by Gasteiger charge is 2.27. The number of carbonyl (C=O) groups is 1. The zero-order valence-electron chi connectivity index (χ0n) is 13.4. The average Bonchev–Trinajstić information content (AvgIpc) is 2.49. The van der Waals surface area contributed by atoms with E-state index in [0.29, 0.717) is 19.8 Å². The van der Waals surface area contributed by atoms with Gasteiger partial charge in [0.15, 0.2) is 0 Å². The number of hydrogen-bond acceptors (Lipinski definition) is 6. The molecule has 2 fully saturated rings. The Kier molecular flexibility index (Phi) is 6.89. The van der Waals surface area contributed by atoms with E-state index in [2.05, 4.69) is 21.7 Å². The number of carbonyl (C=O) groups excluding carboxylic acids is 1. The van der Waals surface area contributed by atoms with Gasteiger partial charge in [-0.05, 0) is 33.0 Å². The molecule has 0 aliphatic carbocycles. The monoisotopic (exact) mass is 299 g/mol. The van der Waals surface area contributed by atoms with Gasteiger partial charge in [0.25, 0.3) is 0 Å². The number of nitrogens with zero attached hydrogens (tertiary/aromatic N) is 3. The van der Waals surface area contributed by atoms with Crippen LogP contribution in [0.2, 0.25) is 0 Å². The van der Waals surface area contributed by atoms with Gasteiger partial charge in [0.2, 0.25) is 0 Å². The summed E-state index contributed by atoms with van der Waals surface area (Å²) in [6.07, 6.45) is 2.55. The van der Waals surface area contributed by atoms with Crippen molar-refractivity contribution in [3.63, 3.8) is 0 Å². The molecule has 2 heterocycles. The Morgan fingerprint density at radius 3 is 2.33 bits per heavy atom. The number of hydrogen-bond donors (Lipinski definition) is 0. The Morgan fingerprint density at radius 2 is 1.71 bits per heavy atom. The maximum atomic E-state index is 11.7.